The minimum atomic E-state index is -3.97. The molecule has 0 bridgehead atoms. The van der Waals surface area contributed by atoms with Crippen molar-refractivity contribution in [2.24, 2.45) is 5.73 Å². The number of halogens is 3. The summed E-state index contributed by atoms with van der Waals surface area (Å²) in [5.41, 5.74) is 5.31. The summed E-state index contributed by atoms with van der Waals surface area (Å²) in [6.07, 6.45) is 1.57. The molecule has 2 N–H and O–H groups in total. The number of nitrogens with two attached hydrogens (primary N) is 1. The maximum atomic E-state index is 11.7. The summed E-state index contributed by atoms with van der Waals surface area (Å²) in [5.74, 6) is 0. The number of unbranched alkanes of at least 4 members (excludes halogenated alkanes) is 6. The van der Waals surface area contributed by atoms with E-state index in [0.717, 1.165) is 32.1 Å². The third-order valence-corrected chi connectivity index (χ3v) is 2.16. The van der Waals surface area contributed by atoms with Gasteiger partial charge in [-0.2, -0.15) is 13.2 Å². The van der Waals surface area contributed by atoms with Crippen molar-refractivity contribution in [3.63, 3.8) is 0 Å². The van der Waals surface area contributed by atoms with Crippen molar-refractivity contribution in [1.29, 1.82) is 0 Å². The maximum absolute atomic E-state index is 11.7. The third kappa shape index (κ3) is 11.8. The van der Waals surface area contributed by atoms with Crippen LogP contribution >= 0.6 is 0 Å². The first kappa shape index (κ1) is 13.8. The summed E-state index contributed by atoms with van der Waals surface area (Å²) >= 11 is 0. The SMILES string of the molecule is NCCCCCCCCCC(F)(F)F. The van der Waals surface area contributed by atoms with Crippen molar-refractivity contribution in [3.05, 3.63) is 0 Å². The molecule has 86 valence electrons. The number of hydrogen-bond acceptors (Lipinski definition) is 1. The summed E-state index contributed by atoms with van der Waals surface area (Å²) < 4.78 is 35.2. The molecule has 0 rings (SSSR count). The second-order valence-corrected chi connectivity index (χ2v) is 3.63. The van der Waals surface area contributed by atoms with Gasteiger partial charge in [-0.05, 0) is 19.4 Å². The van der Waals surface area contributed by atoms with Crippen molar-refractivity contribution in [3.8, 4) is 0 Å². The standard InChI is InChI=1S/C10H20F3N/c11-10(12,13)8-6-4-2-1-3-5-7-9-14/h1-9,14H2. The summed E-state index contributed by atoms with van der Waals surface area (Å²) in [6.45, 7) is 0.716. The normalized spacial score (nSPS) is 12.0. The van der Waals surface area contributed by atoms with Crippen LogP contribution in [0.15, 0.2) is 0 Å². The largest absolute Gasteiger partial charge is 0.389 e. The zero-order valence-electron chi connectivity index (χ0n) is 8.58. The van der Waals surface area contributed by atoms with E-state index in [1.807, 2.05) is 0 Å². The monoisotopic (exact) mass is 211 g/mol. The van der Waals surface area contributed by atoms with Crippen LogP contribution in [-0.2, 0) is 0 Å². The van der Waals surface area contributed by atoms with Gasteiger partial charge in [0, 0.05) is 6.42 Å². The molecular formula is C10H20F3N. The molecule has 0 aliphatic heterocycles. The van der Waals surface area contributed by atoms with Gasteiger partial charge in [0.2, 0.25) is 0 Å². The van der Waals surface area contributed by atoms with Crippen molar-refractivity contribution in [2.75, 3.05) is 6.54 Å². The van der Waals surface area contributed by atoms with Gasteiger partial charge in [0.1, 0.15) is 0 Å². The van der Waals surface area contributed by atoms with E-state index in [-0.39, 0.29) is 6.42 Å². The fourth-order valence-corrected chi connectivity index (χ4v) is 1.35. The van der Waals surface area contributed by atoms with E-state index in [1.165, 1.54) is 0 Å². The van der Waals surface area contributed by atoms with Gasteiger partial charge >= 0.3 is 6.18 Å². The van der Waals surface area contributed by atoms with E-state index in [9.17, 15) is 13.2 Å². The highest BCUT2D eigenvalue weighted by molar-refractivity contribution is 4.52. The first-order valence-electron chi connectivity index (χ1n) is 5.33. The predicted octanol–water partition coefficient (Wildman–Crippen LogP) is 3.63. The summed E-state index contributed by atoms with van der Waals surface area (Å²) in [6, 6.07) is 0. The summed E-state index contributed by atoms with van der Waals surface area (Å²) in [5, 5.41) is 0. The summed E-state index contributed by atoms with van der Waals surface area (Å²) in [7, 11) is 0. The zero-order valence-corrected chi connectivity index (χ0v) is 8.58. The number of alkyl halides is 3. The molecule has 0 aromatic carbocycles. The molecule has 0 radical (unpaired) electrons. The Labute approximate surface area is 83.9 Å². The van der Waals surface area contributed by atoms with E-state index >= 15 is 0 Å². The van der Waals surface area contributed by atoms with Gasteiger partial charge in [-0.3, -0.25) is 0 Å². The van der Waals surface area contributed by atoms with Crippen molar-refractivity contribution < 1.29 is 13.2 Å². The Morgan fingerprint density at radius 3 is 1.57 bits per heavy atom. The average Bonchev–Trinajstić information content (AvgIpc) is 2.08. The van der Waals surface area contributed by atoms with Crippen LogP contribution in [0.2, 0.25) is 0 Å². The average molecular weight is 211 g/mol. The first-order chi connectivity index (χ1) is 6.56. The highest BCUT2D eigenvalue weighted by Crippen LogP contribution is 2.23. The first-order valence-corrected chi connectivity index (χ1v) is 5.33. The van der Waals surface area contributed by atoms with Gasteiger partial charge in [0.15, 0.2) is 0 Å². The molecule has 0 aromatic rings. The Balaban J connectivity index is 2.99. The van der Waals surface area contributed by atoms with Crippen LogP contribution in [-0.4, -0.2) is 12.7 Å². The van der Waals surface area contributed by atoms with E-state index in [0.29, 0.717) is 13.0 Å². The van der Waals surface area contributed by atoms with Crippen LogP contribution in [0.5, 0.6) is 0 Å². The van der Waals surface area contributed by atoms with Gasteiger partial charge in [-0.15, -0.1) is 0 Å². The molecular weight excluding hydrogens is 191 g/mol. The highest BCUT2D eigenvalue weighted by atomic mass is 19.4. The molecule has 0 unspecified atom stereocenters. The molecule has 0 saturated carbocycles. The number of hydrogen-bond donors (Lipinski definition) is 1. The predicted molar refractivity (Wildman–Crippen MR) is 52.0 cm³/mol. The van der Waals surface area contributed by atoms with Crippen LogP contribution < -0.4 is 5.73 Å². The quantitative estimate of drug-likeness (QED) is 0.609. The smallest absolute Gasteiger partial charge is 0.330 e. The second kappa shape index (κ2) is 8.09. The van der Waals surface area contributed by atoms with Crippen LogP contribution in [0.25, 0.3) is 0 Å². The van der Waals surface area contributed by atoms with Gasteiger partial charge in [0.25, 0.3) is 0 Å². The van der Waals surface area contributed by atoms with E-state index in [4.69, 9.17) is 5.73 Å². The molecule has 0 atom stereocenters. The molecule has 0 saturated heterocycles. The minimum Gasteiger partial charge on any atom is -0.330 e. The van der Waals surface area contributed by atoms with Crippen molar-refractivity contribution in [1.82, 2.24) is 0 Å². The lowest BCUT2D eigenvalue weighted by atomic mass is 10.1. The Morgan fingerprint density at radius 1 is 0.714 bits per heavy atom. The van der Waals surface area contributed by atoms with Crippen LogP contribution in [0.4, 0.5) is 13.2 Å². The molecule has 14 heavy (non-hydrogen) atoms. The van der Waals surface area contributed by atoms with E-state index in [1.54, 1.807) is 0 Å². The molecule has 4 heteroatoms. The minimum absolute atomic E-state index is 0.278. The Kier molecular flexibility index (Phi) is 7.95. The fourth-order valence-electron chi connectivity index (χ4n) is 1.35. The maximum Gasteiger partial charge on any atom is 0.389 e. The third-order valence-electron chi connectivity index (χ3n) is 2.16. The Hall–Kier alpha value is -0.250. The molecule has 0 heterocycles. The van der Waals surface area contributed by atoms with Gasteiger partial charge in [0.05, 0.1) is 0 Å². The highest BCUT2D eigenvalue weighted by Gasteiger charge is 2.25. The molecule has 0 amide bonds. The van der Waals surface area contributed by atoms with Crippen molar-refractivity contribution >= 4 is 0 Å². The van der Waals surface area contributed by atoms with Crippen molar-refractivity contribution in [2.45, 2.75) is 57.5 Å². The van der Waals surface area contributed by atoms with Crippen LogP contribution in [0.1, 0.15) is 51.4 Å². The Bertz CT molecular complexity index is 123. The van der Waals surface area contributed by atoms with Gasteiger partial charge in [-0.25, -0.2) is 0 Å². The Morgan fingerprint density at radius 2 is 1.14 bits per heavy atom. The molecule has 1 nitrogen and oxygen atoms in total. The van der Waals surface area contributed by atoms with Crippen LogP contribution in [0, 0.1) is 0 Å². The lowest BCUT2D eigenvalue weighted by Gasteiger charge is -2.05. The lowest BCUT2D eigenvalue weighted by molar-refractivity contribution is -0.135. The lowest BCUT2D eigenvalue weighted by Crippen LogP contribution is -2.06. The van der Waals surface area contributed by atoms with Crippen LogP contribution in [0.3, 0.4) is 0 Å². The van der Waals surface area contributed by atoms with E-state index in [2.05, 4.69) is 0 Å². The number of rotatable bonds is 8. The topological polar surface area (TPSA) is 26.0 Å². The second-order valence-electron chi connectivity index (χ2n) is 3.63. The fraction of sp³-hybridized carbons (Fsp3) is 1.00. The molecule has 0 spiro atoms. The van der Waals surface area contributed by atoms with Gasteiger partial charge in [-0.1, -0.05) is 32.1 Å². The molecule has 0 aliphatic carbocycles. The van der Waals surface area contributed by atoms with E-state index < -0.39 is 12.6 Å². The summed E-state index contributed by atoms with van der Waals surface area (Å²) in [4.78, 5) is 0. The zero-order chi connectivity index (χ0) is 10.9. The molecule has 0 fully saturated rings. The van der Waals surface area contributed by atoms with Gasteiger partial charge < -0.3 is 5.73 Å². The molecule has 0 aromatic heterocycles. The molecule has 0 aliphatic rings.